The first-order valence-electron chi connectivity index (χ1n) is 5.70. The van der Waals surface area contributed by atoms with Crippen LogP contribution in [-0.2, 0) is 0 Å². The molecule has 2 nitrogen and oxygen atoms in total. The molecule has 0 aromatic heterocycles. The summed E-state index contributed by atoms with van der Waals surface area (Å²) in [5, 5.41) is 2.04. The summed E-state index contributed by atoms with van der Waals surface area (Å²) >= 11 is 0. The molecular formula is C11H26N2. The van der Waals surface area contributed by atoms with E-state index in [1.165, 1.54) is 32.1 Å². The highest BCUT2D eigenvalue weighted by molar-refractivity contribution is 4.67. The molecule has 0 aromatic carbocycles. The molecule has 0 atom stereocenters. The fraction of sp³-hybridized carbons (Fsp3) is 1.00. The maximum absolute atomic E-state index is 3.31. The predicted octanol–water partition coefficient (Wildman–Crippen LogP) is 2.66. The van der Waals surface area contributed by atoms with Gasteiger partial charge in [-0.2, -0.15) is 0 Å². The Hall–Kier alpha value is -0.0800. The van der Waals surface area contributed by atoms with E-state index in [0.717, 1.165) is 12.5 Å². The molecule has 80 valence electrons. The van der Waals surface area contributed by atoms with Crippen molar-refractivity contribution in [3.05, 3.63) is 0 Å². The fourth-order valence-electron chi connectivity index (χ4n) is 1.79. The van der Waals surface area contributed by atoms with Gasteiger partial charge in [-0.1, -0.05) is 39.5 Å². The van der Waals surface area contributed by atoms with Gasteiger partial charge < -0.3 is 0 Å². The van der Waals surface area contributed by atoms with Crippen LogP contribution in [0.2, 0.25) is 0 Å². The lowest BCUT2D eigenvalue weighted by Crippen LogP contribution is -2.31. The van der Waals surface area contributed by atoms with E-state index in [1.807, 2.05) is 18.9 Å². The first kappa shape index (κ1) is 12.9. The summed E-state index contributed by atoms with van der Waals surface area (Å²) in [5.41, 5.74) is 3.31. The van der Waals surface area contributed by atoms with Crippen molar-refractivity contribution in [2.45, 2.75) is 46.0 Å². The van der Waals surface area contributed by atoms with Gasteiger partial charge >= 0.3 is 0 Å². The highest BCUT2D eigenvalue weighted by Crippen LogP contribution is 2.26. The zero-order valence-corrected chi connectivity index (χ0v) is 9.77. The number of hydrogen-bond donors (Lipinski definition) is 1. The van der Waals surface area contributed by atoms with Crippen molar-refractivity contribution in [1.82, 2.24) is 10.4 Å². The Morgan fingerprint density at radius 2 is 1.69 bits per heavy atom. The number of hydrazine groups is 1. The lowest BCUT2D eigenvalue weighted by atomic mass is 10.1. The molecule has 0 unspecified atom stereocenters. The SMILES string of the molecule is CC.CN(C)NCCC1CCCC1. The Bertz CT molecular complexity index is 96.3. The molecule has 2 heteroatoms. The van der Waals surface area contributed by atoms with Crippen molar-refractivity contribution in [2.75, 3.05) is 20.6 Å². The predicted molar refractivity (Wildman–Crippen MR) is 59.6 cm³/mol. The van der Waals surface area contributed by atoms with Gasteiger partial charge in [0, 0.05) is 20.6 Å². The highest BCUT2D eigenvalue weighted by atomic mass is 15.5. The molecule has 0 saturated heterocycles. The molecule has 0 bridgehead atoms. The van der Waals surface area contributed by atoms with Crippen molar-refractivity contribution in [2.24, 2.45) is 5.92 Å². The van der Waals surface area contributed by atoms with Crippen LogP contribution in [0.5, 0.6) is 0 Å². The summed E-state index contributed by atoms with van der Waals surface area (Å²) in [6.07, 6.45) is 7.22. The van der Waals surface area contributed by atoms with Crippen LogP contribution in [-0.4, -0.2) is 25.6 Å². The summed E-state index contributed by atoms with van der Waals surface area (Å²) in [4.78, 5) is 0. The summed E-state index contributed by atoms with van der Waals surface area (Å²) in [6, 6.07) is 0. The van der Waals surface area contributed by atoms with Gasteiger partial charge in [-0.25, -0.2) is 0 Å². The van der Waals surface area contributed by atoms with Crippen LogP contribution in [0.3, 0.4) is 0 Å². The van der Waals surface area contributed by atoms with Crippen LogP contribution in [0.15, 0.2) is 0 Å². The second-order valence-electron chi connectivity index (χ2n) is 3.74. The number of nitrogens with one attached hydrogen (secondary N) is 1. The molecule has 1 saturated carbocycles. The second kappa shape index (κ2) is 8.52. The molecule has 1 aliphatic carbocycles. The van der Waals surface area contributed by atoms with Crippen LogP contribution >= 0.6 is 0 Å². The summed E-state index contributed by atoms with van der Waals surface area (Å²) in [7, 11) is 4.10. The van der Waals surface area contributed by atoms with Crippen LogP contribution in [0.25, 0.3) is 0 Å². The molecule has 1 aliphatic rings. The number of rotatable bonds is 4. The molecule has 1 rings (SSSR count). The minimum absolute atomic E-state index is 1.02. The molecular weight excluding hydrogens is 160 g/mol. The van der Waals surface area contributed by atoms with E-state index >= 15 is 0 Å². The van der Waals surface area contributed by atoms with Gasteiger partial charge in [0.05, 0.1) is 0 Å². The maximum Gasteiger partial charge on any atom is 0.0105 e. The van der Waals surface area contributed by atoms with Crippen molar-refractivity contribution >= 4 is 0 Å². The fourth-order valence-corrected chi connectivity index (χ4v) is 1.79. The van der Waals surface area contributed by atoms with Gasteiger partial charge in [0.15, 0.2) is 0 Å². The van der Waals surface area contributed by atoms with E-state index in [-0.39, 0.29) is 0 Å². The van der Waals surface area contributed by atoms with Crippen LogP contribution < -0.4 is 5.43 Å². The Morgan fingerprint density at radius 1 is 1.15 bits per heavy atom. The maximum atomic E-state index is 3.31. The van der Waals surface area contributed by atoms with Gasteiger partial charge in [0.25, 0.3) is 0 Å². The lowest BCUT2D eigenvalue weighted by molar-refractivity contribution is 0.275. The van der Waals surface area contributed by atoms with Crippen molar-refractivity contribution in [1.29, 1.82) is 0 Å². The third kappa shape index (κ3) is 7.03. The van der Waals surface area contributed by atoms with Gasteiger partial charge in [0.2, 0.25) is 0 Å². The van der Waals surface area contributed by atoms with E-state index < -0.39 is 0 Å². The van der Waals surface area contributed by atoms with E-state index in [0.29, 0.717) is 0 Å². The van der Waals surface area contributed by atoms with Gasteiger partial charge in [-0.15, -0.1) is 0 Å². The Kier molecular flexibility index (Phi) is 8.46. The summed E-state index contributed by atoms with van der Waals surface area (Å²) in [5.74, 6) is 1.02. The Labute approximate surface area is 83.7 Å². The van der Waals surface area contributed by atoms with Crippen LogP contribution in [0.1, 0.15) is 46.0 Å². The molecule has 13 heavy (non-hydrogen) atoms. The van der Waals surface area contributed by atoms with Crippen molar-refractivity contribution < 1.29 is 0 Å². The van der Waals surface area contributed by atoms with Gasteiger partial charge in [0.1, 0.15) is 0 Å². The molecule has 0 heterocycles. The zero-order chi connectivity index (χ0) is 10.1. The number of hydrogen-bond acceptors (Lipinski definition) is 2. The third-order valence-electron chi connectivity index (χ3n) is 2.46. The molecule has 0 spiro atoms. The topological polar surface area (TPSA) is 15.3 Å². The van der Waals surface area contributed by atoms with E-state index in [2.05, 4.69) is 19.5 Å². The standard InChI is InChI=1S/C9H20N2.C2H6/c1-11(2)10-8-7-9-5-3-4-6-9;1-2/h9-10H,3-8H2,1-2H3;1-2H3. The smallest absolute Gasteiger partial charge is 0.0105 e. The average Bonchev–Trinajstić information content (AvgIpc) is 2.60. The summed E-state index contributed by atoms with van der Waals surface area (Å²) < 4.78 is 0. The van der Waals surface area contributed by atoms with E-state index in [4.69, 9.17) is 0 Å². The molecule has 1 N–H and O–H groups in total. The van der Waals surface area contributed by atoms with E-state index in [1.54, 1.807) is 0 Å². The van der Waals surface area contributed by atoms with E-state index in [9.17, 15) is 0 Å². The number of nitrogens with zero attached hydrogens (tertiary/aromatic N) is 1. The van der Waals surface area contributed by atoms with Gasteiger partial charge in [-0.3, -0.25) is 10.4 Å². The zero-order valence-electron chi connectivity index (χ0n) is 9.77. The second-order valence-corrected chi connectivity index (χ2v) is 3.74. The quantitative estimate of drug-likeness (QED) is 0.679. The monoisotopic (exact) mass is 186 g/mol. The Balaban J connectivity index is 0.000000671. The molecule has 1 fully saturated rings. The average molecular weight is 186 g/mol. The van der Waals surface area contributed by atoms with Crippen LogP contribution in [0, 0.1) is 5.92 Å². The van der Waals surface area contributed by atoms with Gasteiger partial charge in [-0.05, 0) is 12.3 Å². The molecule has 0 radical (unpaired) electrons. The lowest BCUT2D eigenvalue weighted by Gasteiger charge is -2.14. The highest BCUT2D eigenvalue weighted by Gasteiger charge is 2.13. The minimum Gasteiger partial charge on any atom is -0.256 e. The summed E-state index contributed by atoms with van der Waals surface area (Å²) in [6.45, 7) is 5.15. The normalized spacial score (nSPS) is 17.3. The first-order valence-corrected chi connectivity index (χ1v) is 5.70. The third-order valence-corrected chi connectivity index (χ3v) is 2.46. The Morgan fingerprint density at radius 3 is 2.15 bits per heavy atom. The van der Waals surface area contributed by atoms with Crippen molar-refractivity contribution in [3.8, 4) is 0 Å². The van der Waals surface area contributed by atoms with Crippen LogP contribution in [0.4, 0.5) is 0 Å². The molecule has 0 aromatic rings. The minimum atomic E-state index is 1.02. The largest absolute Gasteiger partial charge is 0.256 e. The molecule has 0 amide bonds. The van der Waals surface area contributed by atoms with Crippen molar-refractivity contribution in [3.63, 3.8) is 0 Å². The molecule has 0 aliphatic heterocycles. The first-order chi connectivity index (χ1) is 6.29.